The zero-order valence-electron chi connectivity index (χ0n) is 7.40. The SMILES string of the molecule is COc1cccc(-c2noc(Cl)n2)c1. The van der Waals surface area contributed by atoms with E-state index in [1.807, 2.05) is 18.2 Å². The lowest BCUT2D eigenvalue weighted by Gasteiger charge is -1.99. The highest BCUT2D eigenvalue weighted by molar-refractivity contribution is 6.27. The molecule has 72 valence electrons. The van der Waals surface area contributed by atoms with Crippen LogP contribution in [-0.2, 0) is 0 Å². The third kappa shape index (κ3) is 1.70. The number of aromatic nitrogens is 2. The Bertz CT molecular complexity index is 442. The minimum Gasteiger partial charge on any atom is -0.497 e. The molecule has 0 saturated heterocycles. The number of halogens is 1. The lowest BCUT2D eigenvalue weighted by molar-refractivity contribution is 0.414. The van der Waals surface area contributed by atoms with Crippen molar-refractivity contribution < 1.29 is 9.26 Å². The standard InChI is InChI=1S/C9H7ClN2O2/c1-13-7-4-2-3-6(5-7)8-11-9(10)14-12-8/h2-5H,1H3. The highest BCUT2D eigenvalue weighted by Crippen LogP contribution is 2.21. The third-order valence-electron chi connectivity index (χ3n) is 1.73. The van der Waals surface area contributed by atoms with Gasteiger partial charge in [0.05, 0.1) is 7.11 Å². The number of ether oxygens (including phenoxy) is 1. The molecule has 0 saturated carbocycles. The van der Waals surface area contributed by atoms with Crippen LogP contribution in [-0.4, -0.2) is 17.3 Å². The minimum atomic E-state index is 0.0304. The Morgan fingerprint density at radius 2 is 2.29 bits per heavy atom. The number of methoxy groups -OCH3 is 1. The minimum absolute atomic E-state index is 0.0304. The Kier molecular flexibility index (Phi) is 2.37. The fraction of sp³-hybridized carbons (Fsp3) is 0.111. The van der Waals surface area contributed by atoms with Crippen LogP contribution in [0.15, 0.2) is 28.8 Å². The molecule has 5 heteroatoms. The van der Waals surface area contributed by atoms with Crippen LogP contribution in [0.25, 0.3) is 11.4 Å². The first-order valence-electron chi connectivity index (χ1n) is 3.93. The Balaban J connectivity index is 2.41. The number of rotatable bonds is 2. The predicted octanol–water partition coefficient (Wildman–Crippen LogP) is 2.40. The summed E-state index contributed by atoms with van der Waals surface area (Å²) in [5.74, 6) is 1.19. The van der Waals surface area contributed by atoms with Crippen molar-refractivity contribution in [2.75, 3.05) is 7.11 Å². The third-order valence-corrected chi connectivity index (χ3v) is 1.88. The molecule has 0 N–H and O–H groups in total. The molecule has 1 aromatic heterocycles. The van der Waals surface area contributed by atoms with Crippen LogP contribution < -0.4 is 4.74 Å². The van der Waals surface area contributed by atoms with Crippen molar-refractivity contribution in [3.8, 4) is 17.1 Å². The quantitative estimate of drug-likeness (QED) is 0.764. The summed E-state index contributed by atoms with van der Waals surface area (Å²) in [5.41, 5.74) is 0.806. The largest absolute Gasteiger partial charge is 0.497 e. The summed E-state index contributed by atoms with van der Waals surface area (Å²) >= 11 is 5.51. The van der Waals surface area contributed by atoms with E-state index in [4.69, 9.17) is 16.3 Å². The van der Waals surface area contributed by atoms with Gasteiger partial charge in [-0.2, -0.15) is 4.98 Å². The predicted molar refractivity (Wildman–Crippen MR) is 51.3 cm³/mol. The van der Waals surface area contributed by atoms with Gasteiger partial charge in [0.15, 0.2) is 0 Å². The first kappa shape index (κ1) is 9.02. The Morgan fingerprint density at radius 1 is 1.43 bits per heavy atom. The van der Waals surface area contributed by atoms with E-state index in [9.17, 15) is 0 Å². The van der Waals surface area contributed by atoms with Crippen LogP contribution >= 0.6 is 11.6 Å². The van der Waals surface area contributed by atoms with E-state index in [0.29, 0.717) is 5.82 Å². The fourth-order valence-electron chi connectivity index (χ4n) is 1.08. The second-order valence-corrected chi connectivity index (χ2v) is 2.93. The molecule has 0 radical (unpaired) electrons. The number of hydrogen-bond acceptors (Lipinski definition) is 4. The van der Waals surface area contributed by atoms with Crippen molar-refractivity contribution in [1.82, 2.24) is 10.1 Å². The summed E-state index contributed by atoms with van der Waals surface area (Å²) in [5, 5.41) is 3.72. The monoisotopic (exact) mass is 210 g/mol. The summed E-state index contributed by atoms with van der Waals surface area (Å²) in [6, 6.07) is 7.34. The molecular weight excluding hydrogens is 204 g/mol. The molecule has 0 aliphatic rings. The molecule has 0 aliphatic carbocycles. The molecular formula is C9H7ClN2O2. The second kappa shape index (κ2) is 3.67. The lowest BCUT2D eigenvalue weighted by atomic mass is 10.2. The molecule has 0 fully saturated rings. The molecule has 14 heavy (non-hydrogen) atoms. The topological polar surface area (TPSA) is 48.2 Å². The van der Waals surface area contributed by atoms with Gasteiger partial charge in [0.1, 0.15) is 5.75 Å². The van der Waals surface area contributed by atoms with Gasteiger partial charge in [-0.25, -0.2) is 0 Å². The average molecular weight is 211 g/mol. The van der Waals surface area contributed by atoms with E-state index in [1.54, 1.807) is 13.2 Å². The van der Waals surface area contributed by atoms with E-state index >= 15 is 0 Å². The van der Waals surface area contributed by atoms with Crippen molar-refractivity contribution in [2.45, 2.75) is 0 Å². The van der Waals surface area contributed by atoms with Crippen LogP contribution in [0, 0.1) is 0 Å². The van der Waals surface area contributed by atoms with Gasteiger partial charge in [0, 0.05) is 5.56 Å². The Morgan fingerprint density at radius 3 is 2.93 bits per heavy atom. The molecule has 1 aromatic carbocycles. The van der Waals surface area contributed by atoms with E-state index in [0.717, 1.165) is 11.3 Å². The van der Waals surface area contributed by atoms with Crippen molar-refractivity contribution in [3.05, 3.63) is 29.6 Å². The van der Waals surface area contributed by atoms with Crippen LogP contribution in [0.5, 0.6) is 5.75 Å². The number of hydrogen-bond donors (Lipinski definition) is 0. The van der Waals surface area contributed by atoms with E-state index < -0.39 is 0 Å². The zero-order chi connectivity index (χ0) is 9.97. The summed E-state index contributed by atoms with van der Waals surface area (Å²) in [4.78, 5) is 3.89. The molecule has 0 bridgehead atoms. The van der Waals surface area contributed by atoms with Crippen LogP contribution in [0.1, 0.15) is 0 Å². The second-order valence-electron chi connectivity index (χ2n) is 2.60. The van der Waals surface area contributed by atoms with Gasteiger partial charge in [0.25, 0.3) is 0 Å². The van der Waals surface area contributed by atoms with Gasteiger partial charge in [-0.3, -0.25) is 0 Å². The van der Waals surface area contributed by atoms with Crippen LogP contribution in [0.3, 0.4) is 0 Å². The maximum absolute atomic E-state index is 5.51. The van der Waals surface area contributed by atoms with Gasteiger partial charge < -0.3 is 9.26 Å². The Labute approximate surface area is 85.5 Å². The molecule has 0 spiro atoms. The maximum Gasteiger partial charge on any atom is 0.320 e. The first-order valence-corrected chi connectivity index (χ1v) is 4.31. The van der Waals surface area contributed by atoms with E-state index in [-0.39, 0.29) is 5.35 Å². The normalized spacial score (nSPS) is 10.1. The van der Waals surface area contributed by atoms with Crippen molar-refractivity contribution in [3.63, 3.8) is 0 Å². The van der Waals surface area contributed by atoms with Crippen LogP contribution in [0.2, 0.25) is 5.35 Å². The van der Waals surface area contributed by atoms with Gasteiger partial charge in [0.2, 0.25) is 5.82 Å². The van der Waals surface area contributed by atoms with Gasteiger partial charge in [-0.15, -0.1) is 0 Å². The summed E-state index contributed by atoms with van der Waals surface area (Å²) in [7, 11) is 1.60. The molecule has 2 rings (SSSR count). The summed E-state index contributed by atoms with van der Waals surface area (Å²) in [6.07, 6.45) is 0. The fourth-order valence-corrected chi connectivity index (χ4v) is 1.20. The Hall–Kier alpha value is -1.55. The van der Waals surface area contributed by atoms with Crippen molar-refractivity contribution >= 4 is 11.6 Å². The molecule has 0 amide bonds. The molecule has 0 aliphatic heterocycles. The number of nitrogens with zero attached hydrogens (tertiary/aromatic N) is 2. The van der Waals surface area contributed by atoms with Crippen molar-refractivity contribution in [2.24, 2.45) is 0 Å². The van der Waals surface area contributed by atoms with Gasteiger partial charge in [-0.05, 0) is 23.7 Å². The highest BCUT2D eigenvalue weighted by Gasteiger charge is 2.06. The average Bonchev–Trinajstić information content (AvgIpc) is 2.65. The summed E-state index contributed by atoms with van der Waals surface area (Å²) in [6.45, 7) is 0. The molecule has 0 atom stereocenters. The molecule has 4 nitrogen and oxygen atoms in total. The van der Waals surface area contributed by atoms with Crippen molar-refractivity contribution in [1.29, 1.82) is 0 Å². The number of benzene rings is 1. The smallest absolute Gasteiger partial charge is 0.320 e. The summed E-state index contributed by atoms with van der Waals surface area (Å²) < 4.78 is 9.72. The zero-order valence-corrected chi connectivity index (χ0v) is 8.15. The van der Waals surface area contributed by atoms with E-state index in [1.165, 1.54) is 0 Å². The maximum atomic E-state index is 5.51. The van der Waals surface area contributed by atoms with Gasteiger partial charge in [-0.1, -0.05) is 17.3 Å². The molecule has 1 heterocycles. The lowest BCUT2D eigenvalue weighted by Crippen LogP contribution is -1.84. The van der Waals surface area contributed by atoms with Crippen LogP contribution in [0.4, 0.5) is 0 Å². The molecule has 0 unspecified atom stereocenters. The highest BCUT2D eigenvalue weighted by atomic mass is 35.5. The van der Waals surface area contributed by atoms with E-state index in [2.05, 4.69) is 14.7 Å². The first-order chi connectivity index (χ1) is 6.79. The van der Waals surface area contributed by atoms with Gasteiger partial charge >= 0.3 is 5.35 Å². The molecule has 2 aromatic rings.